The van der Waals surface area contributed by atoms with E-state index in [0.29, 0.717) is 0 Å². The molecule has 4 nitrogen and oxygen atoms in total. The van der Waals surface area contributed by atoms with Crippen molar-refractivity contribution in [2.24, 2.45) is 0 Å². The Morgan fingerprint density at radius 1 is 0.577 bits per heavy atom. The van der Waals surface area contributed by atoms with Gasteiger partial charge in [0.2, 0.25) is 0 Å². The summed E-state index contributed by atoms with van der Waals surface area (Å²) in [5.41, 5.74) is 0. The van der Waals surface area contributed by atoms with E-state index in [0.717, 1.165) is 6.42 Å². The summed E-state index contributed by atoms with van der Waals surface area (Å²) in [6.07, 6.45) is 25.8. The van der Waals surface area contributed by atoms with E-state index < -0.39 is 10.4 Å². The maximum absolute atomic E-state index is 8.74. The van der Waals surface area contributed by atoms with Gasteiger partial charge in [-0.1, -0.05) is 116 Å². The van der Waals surface area contributed by atoms with Crippen molar-refractivity contribution in [2.45, 2.75) is 122 Å². The van der Waals surface area contributed by atoms with Crippen LogP contribution in [0.25, 0.3) is 0 Å². The van der Waals surface area contributed by atoms with Gasteiger partial charge < -0.3 is 6.92 Å². The van der Waals surface area contributed by atoms with Gasteiger partial charge in [-0.05, 0) is 0 Å². The molecule has 26 heavy (non-hydrogen) atoms. The van der Waals surface area contributed by atoms with Crippen LogP contribution >= 0.6 is 0 Å². The number of hydrogen-bond acceptors (Lipinski definition) is 2. The standard InChI is InChI=1S/C20H41.Na.H2O4S/c1-3-5-7-9-11-13-15-17-19-20-18-16-14-12-10-8-6-4-2;;1-5(2,3)4/h1,3-20H2,2H3;;(H2,1,2,3,4)/q-1;+1;. The van der Waals surface area contributed by atoms with Crippen LogP contribution in [0.5, 0.6) is 0 Å². The predicted octanol–water partition coefficient (Wildman–Crippen LogP) is 4.21. The first-order valence-electron chi connectivity index (χ1n) is 10.4. The van der Waals surface area contributed by atoms with Crippen LogP contribution in [0.15, 0.2) is 0 Å². The van der Waals surface area contributed by atoms with E-state index >= 15 is 0 Å². The normalized spacial score (nSPS) is 10.8. The summed E-state index contributed by atoms with van der Waals surface area (Å²) in [5, 5.41) is 0. The molecule has 0 rings (SSSR count). The minimum absolute atomic E-state index is 0. The van der Waals surface area contributed by atoms with Crippen LogP contribution < -0.4 is 29.6 Å². The maximum Gasteiger partial charge on any atom is 1.00 e. The molecule has 0 atom stereocenters. The van der Waals surface area contributed by atoms with Gasteiger partial charge >= 0.3 is 40.0 Å². The van der Waals surface area contributed by atoms with Crippen molar-refractivity contribution in [1.29, 1.82) is 0 Å². The van der Waals surface area contributed by atoms with Gasteiger partial charge in [-0.25, -0.2) is 0 Å². The van der Waals surface area contributed by atoms with Gasteiger partial charge in [-0.15, -0.1) is 0 Å². The van der Waals surface area contributed by atoms with Crippen molar-refractivity contribution < 1.29 is 47.1 Å². The van der Waals surface area contributed by atoms with Crippen LogP contribution in [0.2, 0.25) is 0 Å². The summed E-state index contributed by atoms with van der Waals surface area (Å²) in [6.45, 7) is 6.19. The number of unbranched alkanes of at least 4 members (excludes halogenated alkanes) is 17. The summed E-state index contributed by atoms with van der Waals surface area (Å²) in [6, 6.07) is 0. The molecule has 2 N–H and O–H groups in total. The molecule has 0 aliphatic rings. The molecular formula is C20H43NaO4S. The van der Waals surface area contributed by atoms with Gasteiger partial charge in [0.1, 0.15) is 0 Å². The monoisotopic (exact) mass is 402 g/mol. The van der Waals surface area contributed by atoms with E-state index in [1.54, 1.807) is 0 Å². The van der Waals surface area contributed by atoms with Crippen LogP contribution in [-0.4, -0.2) is 17.5 Å². The van der Waals surface area contributed by atoms with Crippen LogP contribution in [0.1, 0.15) is 122 Å². The van der Waals surface area contributed by atoms with Crippen molar-refractivity contribution in [3.8, 4) is 0 Å². The van der Waals surface area contributed by atoms with Gasteiger partial charge in [-0.2, -0.15) is 14.8 Å². The molecule has 0 unspecified atom stereocenters. The van der Waals surface area contributed by atoms with Crippen LogP contribution in [0.3, 0.4) is 0 Å². The van der Waals surface area contributed by atoms with Crippen LogP contribution in [0.4, 0.5) is 0 Å². The van der Waals surface area contributed by atoms with Crippen LogP contribution in [0, 0.1) is 6.92 Å². The van der Waals surface area contributed by atoms with Gasteiger partial charge in [0.15, 0.2) is 0 Å². The minimum Gasteiger partial charge on any atom is -0.343 e. The smallest absolute Gasteiger partial charge is 0.343 e. The first-order valence-corrected chi connectivity index (χ1v) is 11.8. The second-order valence-electron chi connectivity index (χ2n) is 6.96. The number of rotatable bonds is 17. The van der Waals surface area contributed by atoms with Gasteiger partial charge in [0.25, 0.3) is 0 Å². The molecule has 0 aromatic carbocycles. The van der Waals surface area contributed by atoms with Gasteiger partial charge in [0.05, 0.1) is 0 Å². The second kappa shape index (κ2) is 25.9. The molecule has 0 amide bonds. The third-order valence-corrected chi connectivity index (χ3v) is 4.35. The molecule has 0 saturated heterocycles. The van der Waals surface area contributed by atoms with Gasteiger partial charge in [-0.3, -0.25) is 9.11 Å². The molecule has 0 bridgehead atoms. The fraction of sp³-hybridized carbons (Fsp3) is 0.950. The van der Waals surface area contributed by atoms with E-state index in [2.05, 4.69) is 13.8 Å². The van der Waals surface area contributed by atoms with E-state index in [1.165, 1.54) is 109 Å². The van der Waals surface area contributed by atoms with Crippen molar-refractivity contribution in [1.82, 2.24) is 0 Å². The molecule has 6 heteroatoms. The summed E-state index contributed by atoms with van der Waals surface area (Å²) < 4.78 is 31.6. The minimum atomic E-state index is -4.67. The summed E-state index contributed by atoms with van der Waals surface area (Å²) in [4.78, 5) is 0. The molecule has 0 aromatic heterocycles. The second-order valence-corrected chi connectivity index (χ2v) is 7.85. The molecule has 0 heterocycles. The van der Waals surface area contributed by atoms with Crippen LogP contribution in [-0.2, 0) is 10.4 Å². The van der Waals surface area contributed by atoms with E-state index in [-0.39, 0.29) is 29.6 Å². The third-order valence-electron chi connectivity index (χ3n) is 4.35. The summed E-state index contributed by atoms with van der Waals surface area (Å²) in [7, 11) is -4.67. The molecule has 0 saturated carbocycles. The van der Waals surface area contributed by atoms with E-state index in [4.69, 9.17) is 17.5 Å². The van der Waals surface area contributed by atoms with Crippen molar-refractivity contribution >= 4 is 10.4 Å². The average molecular weight is 403 g/mol. The maximum atomic E-state index is 8.74. The molecule has 0 aromatic rings. The molecule has 0 aliphatic heterocycles. The van der Waals surface area contributed by atoms with Gasteiger partial charge in [0, 0.05) is 0 Å². The first-order chi connectivity index (χ1) is 11.9. The SMILES string of the molecule is O=S(=O)(O)O.[CH2-]CCCCCCCCCCCCCCCCCCC.[Na+]. The molecular weight excluding hydrogens is 359 g/mol. The predicted molar refractivity (Wildman–Crippen MR) is 108 cm³/mol. The molecule has 0 radical (unpaired) electrons. The average Bonchev–Trinajstić information content (AvgIpc) is 2.53. The van der Waals surface area contributed by atoms with Crippen molar-refractivity contribution in [3.05, 3.63) is 6.92 Å². The zero-order valence-electron chi connectivity index (χ0n) is 17.6. The quantitative estimate of drug-likeness (QED) is 0.165. The molecule has 0 spiro atoms. The zero-order chi connectivity index (χ0) is 19.2. The summed E-state index contributed by atoms with van der Waals surface area (Å²) in [5.74, 6) is 0. The Bertz CT molecular complexity index is 309. The Balaban J connectivity index is -0.000000772. The fourth-order valence-corrected chi connectivity index (χ4v) is 2.90. The molecule has 0 aliphatic carbocycles. The Hall–Kier alpha value is 0.870. The Morgan fingerprint density at radius 3 is 0.962 bits per heavy atom. The summed E-state index contributed by atoms with van der Waals surface area (Å²) >= 11 is 0. The Labute approximate surface area is 186 Å². The Morgan fingerprint density at radius 2 is 0.769 bits per heavy atom. The Kier molecular flexibility index (Phi) is 31.4. The molecule has 0 fully saturated rings. The van der Waals surface area contributed by atoms with E-state index in [1.807, 2.05) is 0 Å². The third kappa shape index (κ3) is 44.4. The molecule has 154 valence electrons. The first kappa shape index (κ1) is 31.6. The largest absolute Gasteiger partial charge is 1.00 e. The van der Waals surface area contributed by atoms with Crippen molar-refractivity contribution in [3.63, 3.8) is 0 Å². The fourth-order valence-electron chi connectivity index (χ4n) is 2.90. The number of hydrogen-bond donors (Lipinski definition) is 2. The zero-order valence-corrected chi connectivity index (χ0v) is 20.4. The topological polar surface area (TPSA) is 74.6 Å². The van der Waals surface area contributed by atoms with Crippen molar-refractivity contribution in [2.75, 3.05) is 0 Å². The van der Waals surface area contributed by atoms with E-state index in [9.17, 15) is 0 Å².